The summed E-state index contributed by atoms with van der Waals surface area (Å²) in [6.07, 6.45) is -0.228. The van der Waals surface area contributed by atoms with Gasteiger partial charge in [-0.2, -0.15) is 0 Å². The zero-order valence-electron chi connectivity index (χ0n) is 10.8. The molecule has 0 aromatic heterocycles. The summed E-state index contributed by atoms with van der Waals surface area (Å²) in [4.78, 5) is 10.9. The van der Waals surface area contributed by atoms with E-state index in [0.29, 0.717) is 0 Å². The summed E-state index contributed by atoms with van der Waals surface area (Å²) < 4.78 is 10.3. The molecule has 0 N–H and O–H groups in total. The van der Waals surface area contributed by atoms with Crippen LogP contribution in [0.15, 0.2) is 36.4 Å². The lowest BCUT2D eigenvalue weighted by Gasteiger charge is -2.13. The lowest BCUT2D eigenvalue weighted by Crippen LogP contribution is -2.04. The van der Waals surface area contributed by atoms with E-state index < -0.39 is 0 Å². The molecule has 1 unspecified atom stereocenters. The third kappa shape index (κ3) is 2.62. The van der Waals surface area contributed by atoms with E-state index in [2.05, 4.69) is 0 Å². The summed E-state index contributed by atoms with van der Waals surface area (Å²) in [5, 5.41) is 2.21. The summed E-state index contributed by atoms with van der Waals surface area (Å²) >= 11 is 0. The molecule has 0 aliphatic carbocycles. The number of fused-ring (bicyclic) bond motifs is 1. The Morgan fingerprint density at radius 3 is 2.44 bits per heavy atom. The highest BCUT2D eigenvalue weighted by Crippen LogP contribution is 2.25. The van der Waals surface area contributed by atoms with Gasteiger partial charge in [0.1, 0.15) is 11.9 Å². The van der Waals surface area contributed by atoms with Crippen molar-refractivity contribution in [3.63, 3.8) is 0 Å². The third-order valence-corrected chi connectivity index (χ3v) is 2.88. The average molecular weight is 244 g/mol. The molecule has 3 nitrogen and oxygen atoms in total. The lowest BCUT2D eigenvalue weighted by molar-refractivity contribution is -0.145. The molecule has 0 bridgehead atoms. The van der Waals surface area contributed by atoms with Crippen LogP contribution < -0.4 is 4.74 Å². The minimum absolute atomic E-state index is 0.228. The molecule has 0 aliphatic rings. The normalized spacial score (nSPS) is 12.2. The van der Waals surface area contributed by atoms with Crippen molar-refractivity contribution in [3.05, 3.63) is 42.0 Å². The van der Waals surface area contributed by atoms with E-state index in [0.717, 1.165) is 22.1 Å². The van der Waals surface area contributed by atoms with Crippen molar-refractivity contribution in [2.75, 3.05) is 7.11 Å². The Labute approximate surface area is 106 Å². The molecule has 0 radical (unpaired) electrons. The molecular weight excluding hydrogens is 228 g/mol. The molecule has 0 saturated heterocycles. The minimum Gasteiger partial charge on any atom is -0.497 e. The van der Waals surface area contributed by atoms with E-state index >= 15 is 0 Å². The van der Waals surface area contributed by atoms with Gasteiger partial charge < -0.3 is 9.47 Å². The van der Waals surface area contributed by atoms with E-state index in [4.69, 9.17) is 9.47 Å². The Morgan fingerprint density at radius 2 is 1.78 bits per heavy atom. The number of methoxy groups -OCH3 is 1. The van der Waals surface area contributed by atoms with Crippen molar-refractivity contribution in [2.45, 2.75) is 20.0 Å². The van der Waals surface area contributed by atoms with Gasteiger partial charge in [-0.1, -0.05) is 18.2 Å². The molecule has 0 spiro atoms. The van der Waals surface area contributed by atoms with E-state index in [1.165, 1.54) is 6.92 Å². The summed E-state index contributed by atoms with van der Waals surface area (Å²) in [5.74, 6) is 0.570. The van der Waals surface area contributed by atoms with Gasteiger partial charge >= 0.3 is 5.97 Å². The number of ether oxygens (including phenoxy) is 2. The number of hydrogen-bond acceptors (Lipinski definition) is 3. The highest BCUT2D eigenvalue weighted by atomic mass is 16.5. The Bertz CT molecular complexity index is 575. The van der Waals surface area contributed by atoms with Crippen molar-refractivity contribution >= 4 is 16.7 Å². The Hall–Kier alpha value is -2.03. The van der Waals surface area contributed by atoms with Crippen molar-refractivity contribution in [1.29, 1.82) is 0 Å². The van der Waals surface area contributed by atoms with Gasteiger partial charge in [0.05, 0.1) is 7.11 Å². The molecule has 3 heteroatoms. The third-order valence-electron chi connectivity index (χ3n) is 2.88. The second-order valence-corrected chi connectivity index (χ2v) is 4.22. The maximum Gasteiger partial charge on any atom is 0.303 e. The number of carbonyl (C=O) groups excluding carboxylic acids is 1. The van der Waals surface area contributed by atoms with Gasteiger partial charge in [0.15, 0.2) is 0 Å². The molecule has 0 saturated carbocycles. The van der Waals surface area contributed by atoms with Crippen LogP contribution in [0.2, 0.25) is 0 Å². The summed E-state index contributed by atoms with van der Waals surface area (Å²) in [7, 11) is 1.65. The second-order valence-electron chi connectivity index (χ2n) is 4.22. The van der Waals surface area contributed by atoms with E-state index in [1.807, 2.05) is 43.3 Å². The molecule has 2 aromatic carbocycles. The van der Waals surface area contributed by atoms with Crippen LogP contribution in [0.5, 0.6) is 5.75 Å². The monoisotopic (exact) mass is 244 g/mol. The van der Waals surface area contributed by atoms with Gasteiger partial charge in [0, 0.05) is 6.92 Å². The van der Waals surface area contributed by atoms with Crippen molar-refractivity contribution in [3.8, 4) is 5.75 Å². The maximum absolute atomic E-state index is 10.9. The van der Waals surface area contributed by atoms with Crippen molar-refractivity contribution in [1.82, 2.24) is 0 Å². The van der Waals surface area contributed by atoms with Crippen LogP contribution in [-0.4, -0.2) is 13.1 Å². The van der Waals surface area contributed by atoms with Gasteiger partial charge in [-0.15, -0.1) is 0 Å². The van der Waals surface area contributed by atoms with Crippen LogP contribution in [0.25, 0.3) is 10.8 Å². The van der Waals surface area contributed by atoms with Crippen LogP contribution >= 0.6 is 0 Å². The number of esters is 1. The molecule has 1 atom stereocenters. The first-order chi connectivity index (χ1) is 8.60. The maximum atomic E-state index is 10.9. The number of carbonyl (C=O) groups is 1. The minimum atomic E-state index is -0.266. The SMILES string of the molecule is COc1ccc2cc(C(C)OC(C)=O)ccc2c1. The van der Waals surface area contributed by atoms with E-state index in [1.54, 1.807) is 7.11 Å². The summed E-state index contributed by atoms with van der Waals surface area (Å²) in [6.45, 7) is 3.29. The Balaban J connectivity index is 2.35. The highest BCUT2D eigenvalue weighted by Gasteiger charge is 2.09. The van der Waals surface area contributed by atoms with Crippen LogP contribution in [0.4, 0.5) is 0 Å². The highest BCUT2D eigenvalue weighted by molar-refractivity contribution is 5.84. The standard InChI is InChI=1S/C15H16O3/c1-10(18-11(2)16)12-4-5-14-9-15(17-3)7-6-13(14)8-12/h4-10H,1-3H3. The predicted octanol–water partition coefficient (Wildman–Crippen LogP) is 3.47. The molecule has 2 rings (SSSR count). The number of hydrogen-bond donors (Lipinski definition) is 0. The fraction of sp³-hybridized carbons (Fsp3) is 0.267. The first-order valence-electron chi connectivity index (χ1n) is 5.85. The fourth-order valence-electron chi connectivity index (χ4n) is 1.94. The molecular formula is C15H16O3. The quantitative estimate of drug-likeness (QED) is 0.775. The second kappa shape index (κ2) is 5.08. The lowest BCUT2D eigenvalue weighted by atomic mass is 10.0. The fourth-order valence-corrected chi connectivity index (χ4v) is 1.94. The molecule has 0 fully saturated rings. The van der Waals surface area contributed by atoms with Gasteiger partial charge in [0.25, 0.3) is 0 Å². The zero-order chi connectivity index (χ0) is 13.1. The van der Waals surface area contributed by atoms with Crippen LogP contribution in [0, 0.1) is 0 Å². The first-order valence-corrected chi connectivity index (χ1v) is 5.85. The molecule has 0 heterocycles. The summed E-state index contributed by atoms with van der Waals surface area (Å²) in [5.41, 5.74) is 0.989. The Kier molecular flexibility index (Phi) is 3.51. The topological polar surface area (TPSA) is 35.5 Å². The predicted molar refractivity (Wildman–Crippen MR) is 70.7 cm³/mol. The van der Waals surface area contributed by atoms with Crippen LogP contribution in [-0.2, 0) is 9.53 Å². The van der Waals surface area contributed by atoms with Gasteiger partial charge in [-0.25, -0.2) is 0 Å². The number of benzene rings is 2. The molecule has 2 aromatic rings. The van der Waals surface area contributed by atoms with Gasteiger partial charge in [0.2, 0.25) is 0 Å². The van der Waals surface area contributed by atoms with Crippen LogP contribution in [0.3, 0.4) is 0 Å². The molecule has 18 heavy (non-hydrogen) atoms. The first kappa shape index (κ1) is 12.4. The molecule has 0 aliphatic heterocycles. The largest absolute Gasteiger partial charge is 0.497 e. The number of rotatable bonds is 3. The van der Waals surface area contributed by atoms with E-state index in [9.17, 15) is 4.79 Å². The Morgan fingerprint density at radius 1 is 1.11 bits per heavy atom. The van der Waals surface area contributed by atoms with Crippen molar-refractivity contribution < 1.29 is 14.3 Å². The van der Waals surface area contributed by atoms with Crippen LogP contribution in [0.1, 0.15) is 25.5 Å². The smallest absolute Gasteiger partial charge is 0.303 e. The summed E-state index contributed by atoms with van der Waals surface area (Å²) in [6, 6.07) is 11.9. The molecule has 94 valence electrons. The average Bonchev–Trinajstić information content (AvgIpc) is 2.36. The van der Waals surface area contributed by atoms with Gasteiger partial charge in [-0.3, -0.25) is 4.79 Å². The van der Waals surface area contributed by atoms with Crippen molar-refractivity contribution in [2.24, 2.45) is 0 Å². The zero-order valence-corrected chi connectivity index (χ0v) is 10.8. The van der Waals surface area contributed by atoms with Gasteiger partial charge in [-0.05, 0) is 41.5 Å². The van der Waals surface area contributed by atoms with E-state index in [-0.39, 0.29) is 12.1 Å². The molecule has 0 amide bonds.